The van der Waals surface area contributed by atoms with Crippen LogP contribution in [0.2, 0.25) is 0 Å². The molecule has 0 aliphatic rings. The summed E-state index contributed by atoms with van der Waals surface area (Å²) in [4.78, 5) is 22.9. The van der Waals surface area contributed by atoms with E-state index >= 15 is 0 Å². The van der Waals surface area contributed by atoms with E-state index in [4.69, 9.17) is 14.9 Å². The number of esters is 1. The van der Waals surface area contributed by atoms with E-state index in [-0.39, 0.29) is 6.42 Å². The predicted octanol–water partition coefficient (Wildman–Crippen LogP) is 5.09. The number of hydrogen-bond acceptors (Lipinski definition) is 4. The molecule has 0 aromatic carbocycles. The SMILES string of the molecule is C[N+](C)(C)C[C@H](CC(=O)O)OC(=O)C=CCCCCCCCCCCCCCCCO. The van der Waals surface area contributed by atoms with Crippen LogP contribution in [0.1, 0.15) is 96.3 Å². The highest BCUT2D eigenvalue weighted by Gasteiger charge is 2.23. The third-order valence-corrected chi connectivity index (χ3v) is 5.22. The number of rotatable bonds is 21. The molecule has 0 bridgehead atoms. The number of carbonyl (C=O) groups excluding carboxylic acids is 1. The molecule has 0 saturated heterocycles. The minimum absolute atomic E-state index is 0.167. The van der Waals surface area contributed by atoms with Gasteiger partial charge in [-0.05, 0) is 19.3 Å². The molecule has 0 fully saturated rings. The number of carboxylic acid groups (broad SMARTS) is 1. The molecule has 0 saturated carbocycles. The van der Waals surface area contributed by atoms with E-state index in [1.165, 1.54) is 70.3 Å². The maximum absolute atomic E-state index is 11.9. The molecule has 1 atom stereocenters. The van der Waals surface area contributed by atoms with Gasteiger partial charge in [-0.25, -0.2) is 4.79 Å². The fourth-order valence-corrected chi connectivity index (χ4v) is 3.65. The zero-order chi connectivity index (χ0) is 23.4. The highest BCUT2D eigenvalue weighted by molar-refractivity contribution is 5.82. The van der Waals surface area contributed by atoms with E-state index in [0.717, 1.165) is 25.7 Å². The number of aliphatic carboxylic acids is 1. The molecule has 0 rings (SSSR count). The molecule has 6 heteroatoms. The number of hydrogen-bond donors (Lipinski definition) is 2. The van der Waals surface area contributed by atoms with Crippen molar-refractivity contribution < 1.29 is 29.0 Å². The van der Waals surface area contributed by atoms with Crippen LogP contribution in [0.5, 0.6) is 0 Å². The number of carbonyl (C=O) groups is 2. The number of likely N-dealkylation sites (N-methyl/N-ethyl adjacent to an activating group) is 1. The fourth-order valence-electron chi connectivity index (χ4n) is 3.65. The van der Waals surface area contributed by atoms with E-state index in [1.807, 2.05) is 27.2 Å². The molecule has 0 aliphatic carbocycles. The Balaban J connectivity index is 3.64. The Hall–Kier alpha value is -1.40. The van der Waals surface area contributed by atoms with Gasteiger partial charge in [-0.2, -0.15) is 0 Å². The van der Waals surface area contributed by atoms with Gasteiger partial charge in [0.2, 0.25) is 0 Å². The molecule has 182 valence electrons. The second-order valence-electron chi connectivity index (χ2n) is 9.64. The van der Waals surface area contributed by atoms with E-state index in [2.05, 4.69) is 0 Å². The van der Waals surface area contributed by atoms with E-state index in [1.54, 1.807) is 0 Å². The number of unbranched alkanes of at least 4 members (excludes halogenated alkanes) is 13. The third kappa shape index (κ3) is 23.1. The van der Waals surface area contributed by atoms with Crippen molar-refractivity contribution in [2.24, 2.45) is 0 Å². The number of quaternary nitrogens is 1. The Morgan fingerprint density at radius 1 is 0.806 bits per heavy atom. The standard InChI is InChI=1S/C25H47NO5/c1-26(2,3)22-23(21-24(28)29)31-25(30)19-17-15-13-11-9-7-5-4-6-8-10-12-14-16-18-20-27/h17,19,23,27H,4-16,18,20-22H2,1-3H3/p+1/t23-/m0/s1. The number of ether oxygens (including phenoxy) is 1. The number of allylic oxidation sites excluding steroid dienone is 1. The molecule has 0 spiro atoms. The highest BCUT2D eigenvalue weighted by atomic mass is 16.5. The predicted molar refractivity (Wildman–Crippen MR) is 126 cm³/mol. The van der Waals surface area contributed by atoms with Crippen LogP contribution >= 0.6 is 0 Å². The summed E-state index contributed by atoms with van der Waals surface area (Å²) in [5.41, 5.74) is 0. The molecule has 31 heavy (non-hydrogen) atoms. The molecule has 0 aromatic heterocycles. The lowest BCUT2D eigenvalue weighted by Gasteiger charge is -2.28. The molecule has 0 aromatic rings. The van der Waals surface area contributed by atoms with Crippen LogP contribution < -0.4 is 0 Å². The maximum atomic E-state index is 11.9. The van der Waals surface area contributed by atoms with E-state index in [0.29, 0.717) is 17.6 Å². The van der Waals surface area contributed by atoms with Crippen LogP contribution in [-0.4, -0.2) is 67.0 Å². The van der Waals surface area contributed by atoms with Crippen LogP contribution in [0.4, 0.5) is 0 Å². The first kappa shape index (κ1) is 29.6. The number of aliphatic hydroxyl groups excluding tert-OH is 1. The van der Waals surface area contributed by atoms with Crippen molar-refractivity contribution in [1.29, 1.82) is 0 Å². The molecule has 0 amide bonds. The summed E-state index contributed by atoms with van der Waals surface area (Å²) in [6, 6.07) is 0. The van der Waals surface area contributed by atoms with Crippen molar-refractivity contribution in [3.63, 3.8) is 0 Å². The lowest BCUT2D eigenvalue weighted by Crippen LogP contribution is -2.43. The lowest BCUT2D eigenvalue weighted by molar-refractivity contribution is -0.873. The second kappa shape index (κ2) is 19.3. The zero-order valence-corrected chi connectivity index (χ0v) is 20.3. The molecular weight excluding hydrogens is 394 g/mol. The van der Waals surface area contributed by atoms with Crippen molar-refractivity contribution in [2.45, 2.75) is 102 Å². The highest BCUT2D eigenvalue weighted by Crippen LogP contribution is 2.13. The summed E-state index contributed by atoms with van der Waals surface area (Å²) in [6.45, 7) is 0.797. The van der Waals surface area contributed by atoms with Gasteiger partial charge in [0.15, 0.2) is 6.10 Å². The largest absolute Gasteiger partial charge is 0.481 e. The Morgan fingerprint density at radius 3 is 1.68 bits per heavy atom. The van der Waals surface area contributed by atoms with Gasteiger partial charge in [-0.1, -0.05) is 76.7 Å². The molecule has 0 unspecified atom stereocenters. The van der Waals surface area contributed by atoms with Crippen molar-refractivity contribution in [3.8, 4) is 0 Å². The normalized spacial score (nSPS) is 12.9. The molecule has 6 nitrogen and oxygen atoms in total. The van der Waals surface area contributed by atoms with E-state index in [9.17, 15) is 9.59 Å². The van der Waals surface area contributed by atoms with Crippen LogP contribution in [-0.2, 0) is 14.3 Å². The Labute approximate surface area is 190 Å². The van der Waals surface area contributed by atoms with Gasteiger partial charge in [0.25, 0.3) is 0 Å². The minimum Gasteiger partial charge on any atom is -0.481 e. The Kier molecular flexibility index (Phi) is 18.4. The maximum Gasteiger partial charge on any atom is 0.330 e. The summed E-state index contributed by atoms with van der Waals surface area (Å²) in [6.07, 6.45) is 19.4. The molecule has 0 radical (unpaired) electrons. The summed E-state index contributed by atoms with van der Waals surface area (Å²) < 4.78 is 5.87. The lowest BCUT2D eigenvalue weighted by atomic mass is 10.0. The van der Waals surface area contributed by atoms with Gasteiger partial charge < -0.3 is 19.4 Å². The van der Waals surface area contributed by atoms with Gasteiger partial charge >= 0.3 is 11.9 Å². The summed E-state index contributed by atoms with van der Waals surface area (Å²) >= 11 is 0. The van der Waals surface area contributed by atoms with Gasteiger partial charge in [-0.15, -0.1) is 0 Å². The monoisotopic (exact) mass is 442 g/mol. The van der Waals surface area contributed by atoms with Crippen LogP contribution in [0.15, 0.2) is 12.2 Å². The van der Waals surface area contributed by atoms with Crippen LogP contribution in [0.25, 0.3) is 0 Å². The topological polar surface area (TPSA) is 83.8 Å². The zero-order valence-electron chi connectivity index (χ0n) is 20.3. The molecule has 2 N–H and O–H groups in total. The quantitative estimate of drug-likeness (QED) is 0.112. The van der Waals surface area contributed by atoms with Crippen LogP contribution in [0.3, 0.4) is 0 Å². The van der Waals surface area contributed by atoms with Gasteiger partial charge in [0.05, 0.1) is 27.6 Å². The first-order valence-electron chi connectivity index (χ1n) is 12.2. The van der Waals surface area contributed by atoms with Crippen LogP contribution in [0, 0.1) is 0 Å². The number of aliphatic hydroxyl groups is 1. The van der Waals surface area contributed by atoms with Crippen molar-refractivity contribution in [2.75, 3.05) is 34.3 Å². The van der Waals surface area contributed by atoms with E-state index < -0.39 is 18.0 Å². The summed E-state index contributed by atoms with van der Waals surface area (Å²) in [5.74, 6) is -1.41. The van der Waals surface area contributed by atoms with Crippen molar-refractivity contribution in [3.05, 3.63) is 12.2 Å². The molecule has 0 aliphatic heterocycles. The third-order valence-electron chi connectivity index (χ3n) is 5.22. The summed E-state index contributed by atoms with van der Waals surface area (Å²) in [5, 5.41) is 17.7. The molecule has 0 heterocycles. The Bertz CT molecular complexity index is 485. The first-order valence-corrected chi connectivity index (χ1v) is 12.2. The summed E-state index contributed by atoms with van der Waals surface area (Å²) in [7, 11) is 5.84. The number of nitrogens with zero attached hydrogens (tertiary/aromatic N) is 1. The minimum atomic E-state index is -0.954. The molecular formula is C25H48NO5+. The number of carboxylic acids is 1. The fraction of sp³-hybridized carbons (Fsp3) is 0.840. The smallest absolute Gasteiger partial charge is 0.330 e. The van der Waals surface area contributed by atoms with Crippen molar-refractivity contribution in [1.82, 2.24) is 0 Å². The van der Waals surface area contributed by atoms with Gasteiger partial charge in [-0.3, -0.25) is 4.79 Å². The average Bonchev–Trinajstić information content (AvgIpc) is 2.65. The van der Waals surface area contributed by atoms with Gasteiger partial charge in [0, 0.05) is 12.7 Å². The van der Waals surface area contributed by atoms with Gasteiger partial charge in [0.1, 0.15) is 6.54 Å². The Morgan fingerprint density at radius 2 is 1.26 bits per heavy atom. The second-order valence-corrected chi connectivity index (χ2v) is 9.64. The average molecular weight is 443 g/mol. The van der Waals surface area contributed by atoms with Crippen molar-refractivity contribution >= 4 is 11.9 Å². The first-order chi connectivity index (χ1) is 14.7.